The van der Waals surface area contributed by atoms with Crippen LogP contribution >= 0.6 is 0 Å². The lowest BCUT2D eigenvalue weighted by Gasteiger charge is -2.44. The number of carbonyl (C=O) groups is 1. The fourth-order valence-electron chi connectivity index (χ4n) is 6.57. The summed E-state index contributed by atoms with van der Waals surface area (Å²) in [6, 6.07) is 17.4. The molecule has 3 aliphatic rings. The molecule has 2 unspecified atom stereocenters. The Morgan fingerprint density at radius 1 is 0.946 bits per heavy atom. The molecule has 2 bridgehead atoms. The number of carbonyl (C=O) groups excluding carboxylic acids is 1. The van der Waals surface area contributed by atoms with E-state index < -0.39 is 41.3 Å². The van der Waals surface area contributed by atoms with Crippen molar-refractivity contribution in [2.24, 2.45) is 0 Å². The highest BCUT2D eigenvalue weighted by molar-refractivity contribution is 5.79. The third-order valence-electron chi connectivity index (χ3n) is 8.10. The van der Waals surface area contributed by atoms with E-state index in [1.54, 1.807) is 4.90 Å². The second kappa shape index (κ2) is 8.58. The number of nitrogens with zero attached hydrogens (tertiary/aromatic N) is 1. The van der Waals surface area contributed by atoms with E-state index in [1.165, 1.54) is 0 Å². The number of rotatable bonds is 3. The molecule has 2 saturated heterocycles. The normalized spacial score (nSPS) is 24.6. The van der Waals surface area contributed by atoms with Crippen molar-refractivity contribution in [1.29, 1.82) is 0 Å². The number of alkyl halides is 3. The van der Waals surface area contributed by atoms with E-state index in [4.69, 9.17) is 4.74 Å². The second-order valence-corrected chi connectivity index (χ2v) is 10.2. The molecular weight excluding hydrogens is 486 g/mol. The van der Waals surface area contributed by atoms with E-state index in [9.17, 15) is 27.5 Å². The van der Waals surface area contributed by atoms with Gasteiger partial charge in [0.2, 0.25) is 0 Å². The first-order valence-corrected chi connectivity index (χ1v) is 12.4. The van der Waals surface area contributed by atoms with Gasteiger partial charge in [-0.1, -0.05) is 54.6 Å². The second-order valence-electron chi connectivity index (χ2n) is 10.2. The molecule has 0 spiro atoms. The van der Waals surface area contributed by atoms with Crippen LogP contribution in [0.15, 0.2) is 66.7 Å². The maximum atomic E-state index is 13.7. The minimum absolute atomic E-state index is 0.0671. The number of halogens is 4. The van der Waals surface area contributed by atoms with Gasteiger partial charge in [0, 0.05) is 30.8 Å². The molecule has 6 rings (SSSR count). The van der Waals surface area contributed by atoms with Crippen LogP contribution in [0.25, 0.3) is 11.1 Å². The Morgan fingerprint density at radius 2 is 1.51 bits per heavy atom. The van der Waals surface area contributed by atoms with Gasteiger partial charge in [0.1, 0.15) is 12.4 Å². The number of aliphatic hydroxyl groups is 1. The predicted molar refractivity (Wildman–Crippen MR) is 128 cm³/mol. The lowest BCUT2D eigenvalue weighted by Crippen LogP contribution is -2.52. The topological polar surface area (TPSA) is 49.8 Å². The molecule has 192 valence electrons. The minimum Gasteiger partial charge on any atom is -0.448 e. The number of fused-ring (bicyclic) bond motifs is 5. The summed E-state index contributed by atoms with van der Waals surface area (Å²) in [4.78, 5) is 14.8. The summed E-state index contributed by atoms with van der Waals surface area (Å²) in [5.74, 6) is -1.12. The molecular formula is C29H25F4NO3. The van der Waals surface area contributed by atoms with Gasteiger partial charge in [-0.3, -0.25) is 0 Å². The van der Waals surface area contributed by atoms with Gasteiger partial charge in [0.05, 0.1) is 11.2 Å². The summed E-state index contributed by atoms with van der Waals surface area (Å²) in [5, 5.41) is 11.4. The molecule has 2 aliphatic heterocycles. The zero-order chi connectivity index (χ0) is 25.9. The summed E-state index contributed by atoms with van der Waals surface area (Å²) in [6.45, 7) is 0.142. The fraction of sp³-hybridized carbons (Fsp3) is 0.345. The van der Waals surface area contributed by atoms with Gasteiger partial charge in [-0.25, -0.2) is 9.18 Å². The Kier molecular flexibility index (Phi) is 5.56. The first-order chi connectivity index (χ1) is 17.7. The van der Waals surface area contributed by atoms with Crippen LogP contribution in [0.4, 0.5) is 22.4 Å². The van der Waals surface area contributed by atoms with Crippen LogP contribution in [0.1, 0.15) is 53.9 Å². The first-order valence-electron chi connectivity index (χ1n) is 12.4. The van der Waals surface area contributed by atoms with Crippen LogP contribution in [0.2, 0.25) is 0 Å². The highest BCUT2D eigenvalue weighted by Crippen LogP contribution is 2.49. The van der Waals surface area contributed by atoms with E-state index in [0.717, 1.165) is 34.4 Å². The zero-order valence-corrected chi connectivity index (χ0v) is 19.8. The van der Waals surface area contributed by atoms with Crippen LogP contribution in [0.5, 0.6) is 0 Å². The molecule has 2 atom stereocenters. The van der Waals surface area contributed by atoms with Gasteiger partial charge in [0.25, 0.3) is 0 Å². The van der Waals surface area contributed by atoms with Gasteiger partial charge < -0.3 is 14.7 Å². The molecule has 0 radical (unpaired) electrons. The lowest BCUT2D eigenvalue weighted by molar-refractivity contribution is -0.142. The van der Waals surface area contributed by atoms with E-state index in [0.29, 0.717) is 18.9 Å². The highest BCUT2D eigenvalue weighted by atomic mass is 19.4. The number of amides is 1. The van der Waals surface area contributed by atoms with Gasteiger partial charge in [0.15, 0.2) is 0 Å². The lowest BCUT2D eigenvalue weighted by atomic mass is 9.78. The minimum atomic E-state index is -4.81. The van der Waals surface area contributed by atoms with Crippen molar-refractivity contribution >= 4 is 6.09 Å². The molecule has 2 heterocycles. The third kappa shape index (κ3) is 3.98. The van der Waals surface area contributed by atoms with Crippen molar-refractivity contribution in [3.8, 4) is 11.1 Å². The van der Waals surface area contributed by atoms with Crippen molar-refractivity contribution in [2.45, 2.75) is 55.5 Å². The van der Waals surface area contributed by atoms with Crippen molar-refractivity contribution < 1.29 is 32.2 Å². The number of piperidine rings is 1. The SMILES string of the molecule is O=C(OCC1c2ccccc2-c2ccccc21)N1C2CCC1CC(O)(c1ccc(F)cc1C(F)(F)F)C2. The van der Waals surface area contributed by atoms with Crippen molar-refractivity contribution in [2.75, 3.05) is 6.61 Å². The maximum Gasteiger partial charge on any atom is 0.416 e. The quantitative estimate of drug-likeness (QED) is 0.403. The molecule has 4 nitrogen and oxygen atoms in total. The van der Waals surface area contributed by atoms with Gasteiger partial charge in [-0.05, 0) is 52.8 Å². The average Bonchev–Trinajstić information content (AvgIpc) is 3.34. The first kappa shape index (κ1) is 24.0. The van der Waals surface area contributed by atoms with Crippen LogP contribution in [-0.2, 0) is 16.5 Å². The molecule has 1 amide bonds. The van der Waals surface area contributed by atoms with Crippen LogP contribution in [-0.4, -0.2) is 34.8 Å². The Bertz CT molecular complexity index is 1310. The maximum absolute atomic E-state index is 13.7. The van der Waals surface area contributed by atoms with Gasteiger partial charge in [-0.15, -0.1) is 0 Å². The number of benzene rings is 3. The zero-order valence-electron chi connectivity index (χ0n) is 19.8. The van der Waals surface area contributed by atoms with Crippen LogP contribution < -0.4 is 0 Å². The molecule has 0 aromatic heterocycles. The summed E-state index contributed by atoms with van der Waals surface area (Å²) in [5.41, 5.74) is 1.07. The number of ether oxygens (including phenoxy) is 1. The smallest absolute Gasteiger partial charge is 0.416 e. The van der Waals surface area contributed by atoms with Gasteiger partial charge >= 0.3 is 12.3 Å². The summed E-state index contributed by atoms with van der Waals surface area (Å²) >= 11 is 0. The molecule has 1 N–H and O–H groups in total. The van der Waals surface area contributed by atoms with E-state index in [2.05, 4.69) is 0 Å². The van der Waals surface area contributed by atoms with Crippen molar-refractivity contribution in [3.63, 3.8) is 0 Å². The Hall–Kier alpha value is -3.39. The highest BCUT2D eigenvalue weighted by Gasteiger charge is 2.53. The number of hydrogen-bond donors (Lipinski definition) is 1. The Labute approximate surface area is 211 Å². The standard InChI is InChI=1S/C29H25F4NO3/c30-17-9-12-25(26(13-17)29(31,32)33)28(36)14-18-10-11-19(15-28)34(18)27(35)37-16-24-22-7-3-1-5-20(22)21-6-2-4-8-23(21)24/h1-9,12-13,18-19,24,36H,10-11,14-16H2. The van der Waals surface area contributed by atoms with E-state index in [1.807, 2.05) is 48.5 Å². The largest absolute Gasteiger partial charge is 0.448 e. The molecule has 1 aliphatic carbocycles. The van der Waals surface area contributed by atoms with E-state index in [-0.39, 0.29) is 30.9 Å². The average molecular weight is 512 g/mol. The molecule has 37 heavy (non-hydrogen) atoms. The third-order valence-corrected chi connectivity index (χ3v) is 8.10. The van der Waals surface area contributed by atoms with Crippen LogP contribution in [0, 0.1) is 5.82 Å². The summed E-state index contributed by atoms with van der Waals surface area (Å²) in [7, 11) is 0. The fourth-order valence-corrected chi connectivity index (χ4v) is 6.57. The molecule has 3 aromatic rings. The Balaban J connectivity index is 1.21. The Morgan fingerprint density at radius 3 is 2.08 bits per heavy atom. The van der Waals surface area contributed by atoms with Gasteiger partial charge in [-0.2, -0.15) is 13.2 Å². The van der Waals surface area contributed by atoms with Crippen LogP contribution in [0.3, 0.4) is 0 Å². The van der Waals surface area contributed by atoms with Crippen molar-refractivity contribution in [3.05, 3.63) is 94.8 Å². The number of hydrogen-bond acceptors (Lipinski definition) is 3. The monoisotopic (exact) mass is 511 g/mol. The van der Waals surface area contributed by atoms with Crippen molar-refractivity contribution in [1.82, 2.24) is 4.90 Å². The summed E-state index contributed by atoms with van der Waals surface area (Å²) in [6.07, 6.45) is -4.35. The molecule has 8 heteroatoms. The molecule has 0 saturated carbocycles. The van der Waals surface area contributed by atoms with E-state index >= 15 is 0 Å². The molecule has 2 fully saturated rings. The summed E-state index contributed by atoms with van der Waals surface area (Å²) < 4.78 is 60.4. The molecule has 3 aromatic carbocycles. The predicted octanol–water partition coefficient (Wildman–Crippen LogP) is 6.61.